The van der Waals surface area contributed by atoms with Gasteiger partial charge in [-0.2, -0.15) is 0 Å². The Kier molecular flexibility index (Phi) is 6.48. The Bertz CT molecular complexity index is 1040. The molecule has 2 atom stereocenters. The quantitative estimate of drug-likeness (QED) is 0.625. The van der Waals surface area contributed by atoms with E-state index in [0.717, 1.165) is 29.7 Å². The molecule has 4 amide bonds. The van der Waals surface area contributed by atoms with E-state index in [-0.39, 0.29) is 18.4 Å². The molecule has 1 aromatic heterocycles. The lowest BCUT2D eigenvalue weighted by atomic mass is 9.73. The van der Waals surface area contributed by atoms with Crippen molar-refractivity contribution in [3.63, 3.8) is 0 Å². The number of imide groups is 1. The van der Waals surface area contributed by atoms with Gasteiger partial charge in [0, 0.05) is 24.1 Å². The topological polar surface area (TPSA) is 110 Å². The van der Waals surface area contributed by atoms with E-state index in [1.54, 1.807) is 30.6 Å². The Morgan fingerprint density at radius 2 is 2.00 bits per heavy atom. The number of benzene rings is 1. The van der Waals surface area contributed by atoms with Crippen molar-refractivity contribution in [1.82, 2.24) is 15.2 Å². The maximum Gasteiger partial charge on any atom is 0.325 e. The molecule has 1 aliphatic heterocycles. The van der Waals surface area contributed by atoms with E-state index in [4.69, 9.17) is 9.47 Å². The predicted molar refractivity (Wildman–Crippen MR) is 121 cm³/mol. The summed E-state index contributed by atoms with van der Waals surface area (Å²) >= 11 is 0. The zero-order valence-electron chi connectivity index (χ0n) is 18.8. The smallest absolute Gasteiger partial charge is 0.325 e. The fraction of sp³-hybridized carbons (Fsp3) is 0.417. The van der Waals surface area contributed by atoms with Gasteiger partial charge in [0.2, 0.25) is 5.91 Å². The SMILES string of the molecule is COc1ccc(NC(=O)CN2C(=O)NC3(CCCCC3C)C2=O)cc1OCc1ccncc1. The summed E-state index contributed by atoms with van der Waals surface area (Å²) in [4.78, 5) is 43.3. The Morgan fingerprint density at radius 3 is 2.73 bits per heavy atom. The van der Waals surface area contributed by atoms with Crippen LogP contribution in [0.15, 0.2) is 42.7 Å². The Morgan fingerprint density at radius 1 is 1.21 bits per heavy atom. The summed E-state index contributed by atoms with van der Waals surface area (Å²) in [5, 5.41) is 5.61. The van der Waals surface area contributed by atoms with Gasteiger partial charge in [-0.1, -0.05) is 19.8 Å². The van der Waals surface area contributed by atoms with E-state index in [0.29, 0.717) is 30.2 Å². The van der Waals surface area contributed by atoms with Crippen LogP contribution in [0.3, 0.4) is 0 Å². The molecule has 2 unspecified atom stereocenters. The average Bonchev–Trinajstić information content (AvgIpc) is 3.05. The molecule has 2 aromatic rings. The Balaban J connectivity index is 1.42. The summed E-state index contributed by atoms with van der Waals surface area (Å²) in [7, 11) is 1.53. The van der Waals surface area contributed by atoms with E-state index in [9.17, 15) is 14.4 Å². The third-order valence-corrected chi connectivity index (χ3v) is 6.39. The highest BCUT2D eigenvalue weighted by atomic mass is 16.5. The highest BCUT2D eigenvalue weighted by Gasteiger charge is 2.55. The van der Waals surface area contributed by atoms with Gasteiger partial charge in [0.15, 0.2) is 11.5 Å². The largest absolute Gasteiger partial charge is 0.493 e. The van der Waals surface area contributed by atoms with E-state index in [2.05, 4.69) is 15.6 Å². The van der Waals surface area contributed by atoms with Gasteiger partial charge >= 0.3 is 6.03 Å². The molecule has 0 radical (unpaired) electrons. The zero-order valence-corrected chi connectivity index (χ0v) is 18.8. The number of anilines is 1. The zero-order chi connectivity index (χ0) is 23.4. The van der Waals surface area contributed by atoms with Gasteiger partial charge < -0.3 is 20.1 Å². The second-order valence-corrected chi connectivity index (χ2v) is 8.50. The van der Waals surface area contributed by atoms with Crippen LogP contribution in [0.1, 0.15) is 38.2 Å². The summed E-state index contributed by atoms with van der Waals surface area (Å²) in [5.74, 6) is 0.231. The number of hydrogen-bond acceptors (Lipinski definition) is 6. The number of urea groups is 1. The molecule has 2 fully saturated rings. The first-order valence-electron chi connectivity index (χ1n) is 11.1. The monoisotopic (exact) mass is 452 g/mol. The van der Waals surface area contributed by atoms with E-state index in [1.165, 1.54) is 7.11 Å². The number of pyridine rings is 1. The predicted octanol–water partition coefficient (Wildman–Crippen LogP) is 3.11. The highest BCUT2D eigenvalue weighted by Crippen LogP contribution is 2.38. The van der Waals surface area contributed by atoms with Gasteiger partial charge in [-0.3, -0.25) is 19.5 Å². The lowest BCUT2D eigenvalue weighted by Gasteiger charge is -2.36. The first-order valence-corrected chi connectivity index (χ1v) is 11.1. The fourth-order valence-electron chi connectivity index (χ4n) is 4.49. The molecule has 2 heterocycles. The normalized spacial score (nSPS) is 22.2. The van der Waals surface area contributed by atoms with Crippen LogP contribution in [-0.2, 0) is 16.2 Å². The standard InChI is InChI=1S/C24H28N4O5/c1-16-5-3-4-10-24(16)22(30)28(23(31)27-24)14-21(29)26-18-6-7-19(32-2)20(13-18)33-15-17-8-11-25-12-9-17/h6-9,11-13,16H,3-5,10,14-15H2,1-2H3,(H,26,29)(H,27,31). The second-order valence-electron chi connectivity index (χ2n) is 8.50. The minimum Gasteiger partial charge on any atom is -0.493 e. The summed E-state index contributed by atoms with van der Waals surface area (Å²) in [6.45, 7) is 1.93. The molecule has 1 aliphatic carbocycles. The summed E-state index contributed by atoms with van der Waals surface area (Å²) < 4.78 is 11.2. The molecule has 0 bridgehead atoms. The summed E-state index contributed by atoms with van der Waals surface area (Å²) in [6, 6.07) is 8.18. The van der Waals surface area contributed by atoms with Crippen LogP contribution in [0.4, 0.5) is 10.5 Å². The average molecular weight is 453 g/mol. The van der Waals surface area contributed by atoms with E-state index < -0.39 is 17.5 Å². The lowest BCUT2D eigenvalue weighted by Crippen LogP contribution is -2.54. The van der Waals surface area contributed by atoms with Crippen LogP contribution in [0.5, 0.6) is 11.5 Å². The van der Waals surface area contributed by atoms with Crippen molar-refractivity contribution in [3.05, 3.63) is 48.3 Å². The van der Waals surface area contributed by atoms with Gasteiger partial charge in [0.05, 0.1) is 7.11 Å². The highest BCUT2D eigenvalue weighted by molar-refractivity contribution is 6.10. The van der Waals surface area contributed by atoms with Crippen LogP contribution < -0.4 is 20.1 Å². The number of amides is 4. The second kappa shape index (κ2) is 9.48. The molecular weight excluding hydrogens is 424 g/mol. The number of carbonyl (C=O) groups is 3. The van der Waals surface area contributed by atoms with Crippen LogP contribution in [0.2, 0.25) is 0 Å². The van der Waals surface area contributed by atoms with Crippen LogP contribution in [-0.4, -0.2) is 46.9 Å². The van der Waals surface area contributed by atoms with Crippen molar-refractivity contribution in [1.29, 1.82) is 0 Å². The lowest BCUT2D eigenvalue weighted by molar-refractivity contribution is -0.136. The molecule has 1 aromatic carbocycles. The van der Waals surface area contributed by atoms with Crippen LogP contribution in [0.25, 0.3) is 0 Å². The van der Waals surface area contributed by atoms with Crippen molar-refractivity contribution in [2.75, 3.05) is 19.0 Å². The van der Waals surface area contributed by atoms with Crippen molar-refractivity contribution in [3.8, 4) is 11.5 Å². The summed E-state index contributed by atoms with van der Waals surface area (Å²) in [6.07, 6.45) is 6.76. The van der Waals surface area contributed by atoms with Gasteiger partial charge in [-0.15, -0.1) is 0 Å². The fourth-order valence-corrected chi connectivity index (χ4v) is 4.49. The molecule has 1 spiro atoms. The number of carbonyl (C=O) groups excluding carboxylic acids is 3. The maximum atomic E-state index is 13.1. The molecular formula is C24H28N4O5. The van der Waals surface area contributed by atoms with Gasteiger partial charge in [-0.25, -0.2) is 4.79 Å². The molecule has 9 heteroatoms. The van der Waals surface area contributed by atoms with Crippen LogP contribution in [0, 0.1) is 5.92 Å². The molecule has 4 rings (SSSR count). The van der Waals surface area contributed by atoms with Gasteiger partial charge in [-0.05, 0) is 48.6 Å². The molecule has 1 saturated carbocycles. The van der Waals surface area contributed by atoms with E-state index >= 15 is 0 Å². The third-order valence-electron chi connectivity index (χ3n) is 6.39. The van der Waals surface area contributed by atoms with Crippen molar-refractivity contribution in [2.45, 2.75) is 44.8 Å². The number of methoxy groups -OCH3 is 1. The summed E-state index contributed by atoms with van der Waals surface area (Å²) in [5.41, 5.74) is 0.521. The molecule has 2 aliphatic rings. The van der Waals surface area contributed by atoms with Gasteiger partial charge in [0.25, 0.3) is 5.91 Å². The third kappa shape index (κ3) is 4.62. The molecule has 33 heavy (non-hydrogen) atoms. The number of hydrogen-bond donors (Lipinski definition) is 2. The maximum absolute atomic E-state index is 13.1. The van der Waals surface area contributed by atoms with Crippen LogP contribution >= 0.6 is 0 Å². The van der Waals surface area contributed by atoms with Crippen molar-refractivity contribution >= 4 is 23.5 Å². The minimum atomic E-state index is -0.885. The van der Waals surface area contributed by atoms with Crippen molar-refractivity contribution < 1.29 is 23.9 Å². The van der Waals surface area contributed by atoms with Gasteiger partial charge in [0.1, 0.15) is 18.7 Å². The Hall–Kier alpha value is -3.62. The molecule has 9 nitrogen and oxygen atoms in total. The minimum absolute atomic E-state index is 0.0393. The first kappa shape index (κ1) is 22.6. The molecule has 1 saturated heterocycles. The number of ether oxygens (including phenoxy) is 2. The van der Waals surface area contributed by atoms with E-state index in [1.807, 2.05) is 19.1 Å². The molecule has 2 N–H and O–H groups in total. The number of rotatable bonds is 7. The van der Waals surface area contributed by atoms with Crippen molar-refractivity contribution in [2.24, 2.45) is 5.92 Å². The Labute approximate surface area is 192 Å². The number of nitrogens with zero attached hydrogens (tertiary/aromatic N) is 2. The number of aromatic nitrogens is 1. The first-order chi connectivity index (χ1) is 15.9. The number of nitrogens with one attached hydrogen (secondary N) is 2. The molecule has 174 valence electrons.